The summed E-state index contributed by atoms with van der Waals surface area (Å²) in [7, 11) is 0. The minimum Gasteiger partial charge on any atom is -0.480 e. The van der Waals surface area contributed by atoms with Crippen LogP contribution in [0.15, 0.2) is 30.3 Å². The number of hydrogen-bond acceptors (Lipinski definition) is 4. The Morgan fingerprint density at radius 1 is 1.29 bits per heavy atom. The summed E-state index contributed by atoms with van der Waals surface area (Å²) in [6, 6.07) is 9.18. The van der Waals surface area contributed by atoms with E-state index in [1.54, 1.807) is 12.1 Å². The zero-order valence-corrected chi connectivity index (χ0v) is 11.3. The maximum Gasteiger partial charge on any atom is 0.322 e. The maximum atomic E-state index is 12.3. The Kier molecular flexibility index (Phi) is 3.43. The van der Waals surface area contributed by atoms with Gasteiger partial charge < -0.3 is 15.7 Å². The molecule has 0 bridgehead atoms. The molecule has 1 aliphatic rings. The minimum absolute atomic E-state index is 0.144. The summed E-state index contributed by atoms with van der Waals surface area (Å²) in [5.74, 6) is -0.736. The smallest absolute Gasteiger partial charge is 0.322 e. The number of aliphatic carboxylic acids is 1. The third kappa shape index (κ3) is 3.10. The number of pyridine rings is 1. The molecule has 6 nitrogen and oxygen atoms in total. The van der Waals surface area contributed by atoms with Crippen molar-refractivity contribution in [1.29, 1.82) is 0 Å². The van der Waals surface area contributed by atoms with Crippen molar-refractivity contribution in [2.24, 2.45) is 0 Å². The Morgan fingerprint density at radius 3 is 2.76 bits per heavy atom. The molecule has 1 fully saturated rings. The van der Waals surface area contributed by atoms with E-state index in [9.17, 15) is 9.59 Å². The number of rotatable bonds is 5. The number of carbonyl (C=O) groups excluding carboxylic acids is 1. The van der Waals surface area contributed by atoms with Gasteiger partial charge in [0.1, 0.15) is 12.4 Å². The number of nitrogens with zero attached hydrogens (tertiary/aromatic N) is 1. The first-order valence-electron chi connectivity index (χ1n) is 6.80. The summed E-state index contributed by atoms with van der Waals surface area (Å²) in [5, 5.41) is 15.1. The molecule has 1 amide bonds. The zero-order valence-electron chi connectivity index (χ0n) is 11.3. The normalized spacial score (nSPS) is 13.9. The van der Waals surface area contributed by atoms with E-state index in [1.165, 1.54) is 0 Å². The molecule has 1 saturated carbocycles. The molecule has 1 aromatic carbocycles. The Labute approximate surface area is 121 Å². The molecule has 108 valence electrons. The monoisotopic (exact) mass is 285 g/mol. The summed E-state index contributed by atoms with van der Waals surface area (Å²) in [6.45, 7) is -0.241. The van der Waals surface area contributed by atoms with Gasteiger partial charge in [-0.1, -0.05) is 18.2 Å². The van der Waals surface area contributed by atoms with E-state index in [0.29, 0.717) is 16.9 Å². The first kappa shape index (κ1) is 13.4. The summed E-state index contributed by atoms with van der Waals surface area (Å²) in [6.07, 6.45) is 2.03. The van der Waals surface area contributed by atoms with Gasteiger partial charge in [-0.15, -0.1) is 0 Å². The van der Waals surface area contributed by atoms with Gasteiger partial charge in [0.2, 0.25) is 0 Å². The van der Waals surface area contributed by atoms with Gasteiger partial charge >= 0.3 is 5.97 Å². The molecule has 0 saturated heterocycles. The third-order valence-corrected chi connectivity index (χ3v) is 3.29. The van der Waals surface area contributed by atoms with Crippen molar-refractivity contribution >= 4 is 28.6 Å². The number of aromatic nitrogens is 1. The molecule has 0 aliphatic heterocycles. The fourth-order valence-electron chi connectivity index (χ4n) is 2.11. The van der Waals surface area contributed by atoms with Crippen molar-refractivity contribution in [1.82, 2.24) is 10.3 Å². The van der Waals surface area contributed by atoms with Crippen LogP contribution in [0.5, 0.6) is 0 Å². The van der Waals surface area contributed by atoms with Gasteiger partial charge in [-0.2, -0.15) is 0 Å². The molecule has 0 atom stereocenters. The molecule has 3 N–H and O–H groups in total. The first-order chi connectivity index (χ1) is 10.1. The molecule has 1 aromatic heterocycles. The van der Waals surface area contributed by atoms with E-state index in [0.717, 1.165) is 18.2 Å². The second kappa shape index (κ2) is 5.40. The van der Waals surface area contributed by atoms with Crippen LogP contribution < -0.4 is 10.6 Å². The number of carboxylic acid groups (broad SMARTS) is 1. The lowest BCUT2D eigenvalue weighted by Gasteiger charge is -2.10. The molecule has 1 heterocycles. The third-order valence-electron chi connectivity index (χ3n) is 3.29. The van der Waals surface area contributed by atoms with E-state index < -0.39 is 5.97 Å². The van der Waals surface area contributed by atoms with Crippen LogP contribution in [-0.2, 0) is 4.79 Å². The average Bonchev–Trinajstić information content (AvgIpc) is 3.28. The number of para-hydroxylation sites is 1. The lowest BCUT2D eigenvalue weighted by molar-refractivity contribution is -0.134. The topological polar surface area (TPSA) is 91.3 Å². The molecule has 3 rings (SSSR count). The number of anilines is 1. The van der Waals surface area contributed by atoms with Crippen LogP contribution in [-0.4, -0.2) is 34.6 Å². The van der Waals surface area contributed by atoms with Crippen LogP contribution in [0.2, 0.25) is 0 Å². The highest BCUT2D eigenvalue weighted by atomic mass is 16.4. The Hall–Kier alpha value is -2.63. The second-order valence-corrected chi connectivity index (χ2v) is 5.07. The molecular formula is C15H15N3O3. The number of amides is 1. The fourth-order valence-corrected chi connectivity index (χ4v) is 2.11. The number of fused-ring (bicyclic) bond motifs is 1. The summed E-state index contributed by atoms with van der Waals surface area (Å²) in [4.78, 5) is 27.3. The van der Waals surface area contributed by atoms with Crippen LogP contribution in [0.1, 0.15) is 23.2 Å². The van der Waals surface area contributed by atoms with Gasteiger partial charge in [0.15, 0.2) is 0 Å². The van der Waals surface area contributed by atoms with E-state index in [1.807, 2.05) is 18.2 Å². The van der Waals surface area contributed by atoms with Gasteiger partial charge in [0.25, 0.3) is 5.91 Å². The average molecular weight is 285 g/mol. The molecule has 21 heavy (non-hydrogen) atoms. The molecule has 0 spiro atoms. The van der Waals surface area contributed by atoms with Crippen molar-refractivity contribution < 1.29 is 14.7 Å². The van der Waals surface area contributed by atoms with E-state index >= 15 is 0 Å². The molecule has 1 aliphatic carbocycles. The maximum absolute atomic E-state index is 12.3. The summed E-state index contributed by atoms with van der Waals surface area (Å²) < 4.78 is 0. The van der Waals surface area contributed by atoms with E-state index in [-0.39, 0.29) is 18.5 Å². The van der Waals surface area contributed by atoms with Gasteiger partial charge in [-0.25, -0.2) is 4.98 Å². The Morgan fingerprint density at radius 2 is 2.05 bits per heavy atom. The van der Waals surface area contributed by atoms with Crippen molar-refractivity contribution in [3.8, 4) is 0 Å². The highest BCUT2D eigenvalue weighted by Gasteiger charge is 2.25. The summed E-state index contributed by atoms with van der Waals surface area (Å²) in [5.41, 5.74) is 1.18. The fraction of sp³-hybridized carbons (Fsp3) is 0.267. The minimum atomic E-state index is -0.978. The number of carbonyl (C=O) groups is 2. The quantitative estimate of drug-likeness (QED) is 0.776. The van der Waals surface area contributed by atoms with Gasteiger partial charge in [0.05, 0.1) is 11.1 Å². The predicted octanol–water partition coefficient (Wildman–Crippen LogP) is 1.62. The van der Waals surface area contributed by atoms with Crippen LogP contribution in [0.4, 0.5) is 5.82 Å². The number of benzene rings is 1. The highest BCUT2D eigenvalue weighted by molar-refractivity contribution is 6.07. The van der Waals surface area contributed by atoms with Gasteiger partial charge in [-0.05, 0) is 25.0 Å². The van der Waals surface area contributed by atoms with Crippen LogP contribution >= 0.6 is 0 Å². The molecule has 2 aromatic rings. The van der Waals surface area contributed by atoms with Crippen LogP contribution in [0, 0.1) is 0 Å². The first-order valence-corrected chi connectivity index (χ1v) is 6.80. The van der Waals surface area contributed by atoms with Crippen LogP contribution in [0.25, 0.3) is 10.9 Å². The summed E-state index contributed by atoms with van der Waals surface area (Å²) >= 11 is 0. The van der Waals surface area contributed by atoms with Gasteiger partial charge in [0, 0.05) is 11.4 Å². The largest absolute Gasteiger partial charge is 0.480 e. The number of hydrogen-bond donors (Lipinski definition) is 3. The van der Waals surface area contributed by atoms with Crippen molar-refractivity contribution in [2.75, 3.05) is 11.9 Å². The second-order valence-electron chi connectivity index (χ2n) is 5.07. The van der Waals surface area contributed by atoms with Crippen molar-refractivity contribution in [3.05, 3.63) is 35.9 Å². The zero-order chi connectivity index (χ0) is 14.8. The number of carboxylic acids is 1. The molecule has 0 radical (unpaired) electrons. The Bertz CT molecular complexity index is 710. The van der Waals surface area contributed by atoms with E-state index in [4.69, 9.17) is 5.11 Å². The van der Waals surface area contributed by atoms with Crippen LogP contribution in [0.3, 0.4) is 0 Å². The van der Waals surface area contributed by atoms with Crippen molar-refractivity contribution in [2.45, 2.75) is 18.9 Å². The van der Waals surface area contributed by atoms with Gasteiger partial charge in [-0.3, -0.25) is 9.59 Å². The lowest BCUT2D eigenvalue weighted by atomic mass is 10.1. The molecule has 0 unspecified atom stereocenters. The standard InChI is InChI=1S/C15H15N3O3/c19-14(20)8-16-13-7-11(15(21)17-9-5-6-9)10-3-1-2-4-12(10)18-13/h1-4,7,9H,5-6,8H2,(H,16,18)(H,17,21)(H,19,20). The molecule has 6 heteroatoms. The lowest BCUT2D eigenvalue weighted by Crippen LogP contribution is -2.26. The van der Waals surface area contributed by atoms with Crippen molar-refractivity contribution in [3.63, 3.8) is 0 Å². The highest BCUT2D eigenvalue weighted by Crippen LogP contribution is 2.23. The predicted molar refractivity (Wildman–Crippen MR) is 78.4 cm³/mol. The van der Waals surface area contributed by atoms with E-state index in [2.05, 4.69) is 15.6 Å². The SMILES string of the molecule is O=C(O)CNc1cc(C(=O)NC2CC2)c2ccccc2n1. The number of nitrogens with one attached hydrogen (secondary N) is 2. The molecular weight excluding hydrogens is 270 g/mol. The Balaban J connectivity index is 1.97.